The van der Waals surface area contributed by atoms with E-state index in [9.17, 15) is 4.79 Å². The number of H-pyrrole nitrogens is 1. The van der Waals surface area contributed by atoms with Crippen LogP contribution in [0, 0.1) is 0 Å². The van der Waals surface area contributed by atoms with Crippen LogP contribution in [0.25, 0.3) is 22.1 Å². The first kappa shape index (κ1) is 11.9. The van der Waals surface area contributed by atoms with Gasteiger partial charge in [0.05, 0.1) is 11.8 Å². The van der Waals surface area contributed by atoms with Crippen LogP contribution in [0.1, 0.15) is 12.8 Å². The molecule has 0 saturated carbocycles. The molecule has 0 amide bonds. The Morgan fingerprint density at radius 2 is 2.21 bits per heavy atom. The number of aliphatic hydroxyl groups excluding tert-OH is 1. The van der Waals surface area contributed by atoms with Crippen LogP contribution in [0.15, 0.2) is 29.5 Å². The van der Waals surface area contributed by atoms with Gasteiger partial charge >= 0.3 is 0 Å². The van der Waals surface area contributed by atoms with Gasteiger partial charge in [-0.05, 0) is 25.0 Å². The highest BCUT2D eigenvalue weighted by atomic mass is 16.2. The van der Waals surface area contributed by atoms with E-state index in [1.165, 1.54) is 0 Å². The molecule has 98 valence electrons. The number of pyridine rings is 2. The zero-order valence-corrected chi connectivity index (χ0v) is 10.3. The van der Waals surface area contributed by atoms with Crippen molar-refractivity contribution in [2.45, 2.75) is 19.4 Å². The summed E-state index contributed by atoms with van der Waals surface area (Å²) in [5.74, 6) is 0. The molecule has 3 rings (SSSR count). The first-order valence-corrected chi connectivity index (χ1v) is 6.24. The van der Waals surface area contributed by atoms with E-state index in [4.69, 9.17) is 5.11 Å². The van der Waals surface area contributed by atoms with Crippen molar-refractivity contribution in [3.63, 3.8) is 0 Å². The molecule has 6 heteroatoms. The van der Waals surface area contributed by atoms with Crippen LogP contribution in [0.5, 0.6) is 0 Å². The van der Waals surface area contributed by atoms with Crippen molar-refractivity contribution < 1.29 is 5.11 Å². The van der Waals surface area contributed by atoms with Crippen LogP contribution < -0.4 is 5.56 Å². The fourth-order valence-electron chi connectivity index (χ4n) is 2.26. The third-order valence-electron chi connectivity index (χ3n) is 3.15. The Morgan fingerprint density at radius 3 is 3.05 bits per heavy atom. The maximum absolute atomic E-state index is 11.9. The van der Waals surface area contributed by atoms with E-state index in [1.54, 1.807) is 12.5 Å². The first-order chi connectivity index (χ1) is 9.31. The van der Waals surface area contributed by atoms with Crippen LogP contribution >= 0.6 is 0 Å². The number of hydrogen-bond acceptors (Lipinski definition) is 4. The zero-order valence-electron chi connectivity index (χ0n) is 10.3. The Hall–Kier alpha value is -2.21. The van der Waals surface area contributed by atoms with E-state index in [-0.39, 0.29) is 12.2 Å². The molecule has 6 nitrogen and oxygen atoms in total. The Balaban J connectivity index is 2.21. The number of aliphatic hydroxyl groups is 1. The topological polar surface area (TPSA) is 83.8 Å². The van der Waals surface area contributed by atoms with Gasteiger partial charge in [-0.1, -0.05) is 0 Å². The fraction of sp³-hybridized carbons (Fsp3) is 0.308. The molecule has 0 unspecified atom stereocenters. The molecular weight excluding hydrogens is 244 g/mol. The van der Waals surface area contributed by atoms with E-state index in [1.807, 2.05) is 16.7 Å². The number of fused-ring (bicyclic) bond motifs is 3. The quantitative estimate of drug-likeness (QED) is 0.685. The molecule has 0 spiro atoms. The lowest BCUT2D eigenvalue weighted by Crippen LogP contribution is -2.08. The average molecular weight is 258 g/mol. The van der Waals surface area contributed by atoms with Gasteiger partial charge < -0.3 is 14.7 Å². The SMILES string of the molecule is O=c1[nH]c2ncccc2c2c1ncn2CCCCO. The molecule has 0 aliphatic carbocycles. The molecule has 2 N–H and O–H groups in total. The van der Waals surface area contributed by atoms with E-state index in [0.29, 0.717) is 11.2 Å². The number of aryl methyl sites for hydroxylation is 1. The van der Waals surface area contributed by atoms with Crippen LogP contribution in [-0.2, 0) is 6.54 Å². The number of nitrogens with one attached hydrogen (secondary N) is 1. The van der Waals surface area contributed by atoms with Crippen LogP contribution in [0.3, 0.4) is 0 Å². The number of nitrogens with zero attached hydrogens (tertiary/aromatic N) is 3. The van der Waals surface area contributed by atoms with Gasteiger partial charge in [-0.15, -0.1) is 0 Å². The van der Waals surface area contributed by atoms with Crippen molar-refractivity contribution in [3.05, 3.63) is 35.0 Å². The minimum absolute atomic E-state index is 0.176. The molecule has 0 fully saturated rings. The van der Waals surface area contributed by atoms with Gasteiger partial charge in [0.15, 0.2) is 5.52 Å². The van der Waals surface area contributed by atoms with Crippen LogP contribution in [0.2, 0.25) is 0 Å². The third-order valence-corrected chi connectivity index (χ3v) is 3.15. The first-order valence-electron chi connectivity index (χ1n) is 6.24. The van der Waals surface area contributed by atoms with E-state index in [2.05, 4.69) is 15.0 Å². The molecular formula is C13H14N4O2. The smallest absolute Gasteiger partial charge is 0.277 e. The molecule has 0 atom stereocenters. The zero-order chi connectivity index (χ0) is 13.2. The lowest BCUT2D eigenvalue weighted by Gasteiger charge is -2.05. The summed E-state index contributed by atoms with van der Waals surface area (Å²) in [7, 11) is 0. The van der Waals surface area contributed by atoms with Gasteiger partial charge in [0.1, 0.15) is 5.65 Å². The molecule has 0 saturated heterocycles. The van der Waals surface area contributed by atoms with Gasteiger partial charge in [0, 0.05) is 24.7 Å². The van der Waals surface area contributed by atoms with Crippen molar-refractivity contribution in [1.29, 1.82) is 0 Å². The Labute approximate surface area is 108 Å². The van der Waals surface area contributed by atoms with Gasteiger partial charge in [-0.2, -0.15) is 0 Å². The van der Waals surface area contributed by atoms with Gasteiger partial charge in [-0.25, -0.2) is 9.97 Å². The summed E-state index contributed by atoms with van der Waals surface area (Å²) in [5.41, 5.74) is 1.60. The lowest BCUT2D eigenvalue weighted by molar-refractivity contribution is 0.281. The minimum atomic E-state index is -0.220. The summed E-state index contributed by atoms with van der Waals surface area (Å²) in [4.78, 5) is 23.0. The minimum Gasteiger partial charge on any atom is -0.396 e. The second-order valence-corrected chi connectivity index (χ2v) is 4.42. The largest absolute Gasteiger partial charge is 0.396 e. The molecule has 3 aromatic heterocycles. The predicted molar refractivity (Wildman–Crippen MR) is 72.0 cm³/mol. The summed E-state index contributed by atoms with van der Waals surface area (Å²) >= 11 is 0. The Kier molecular flexibility index (Phi) is 3.00. The van der Waals surface area contributed by atoms with E-state index >= 15 is 0 Å². The van der Waals surface area contributed by atoms with Crippen molar-refractivity contribution in [2.75, 3.05) is 6.61 Å². The van der Waals surface area contributed by atoms with Crippen molar-refractivity contribution in [1.82, 2.24) is 19.5 Å². The molecule has 0 aliphatic heterocycles. The molecule has 3 heterocycles. The summed E-state index contributed by atoms with van der Waals surface area (Å²) in [5, 5.41) is 9.72. The van der Waals surface area contributed by atoms with Gasteiger partial charge in [-0.3, -0.25) is 4.79 Å². The number of rotatable bonds is 4. The van der Waals surface area contributed by atoms with Crippen LogP contribution in [-0.4, -0.2) is 31.2 Å². The number of unbranched alkanes of at least 4 members (excludes halogenated alkanes) is 1. The number of aromatic nitrogens is 4. The van der Waals surface area contributed by atoms with E-state index < -0.39 is 0 Å². The Morgan fingerprint density at radius 1 is 1.32 bits per heavy atom. The highest BCUT2D eigenvalue weighted by Gasteiger charge is 2.11. The summed E-state index contributed by atoms with van der Waals surface area (Å²) in [6.45, 7) is 0.903. The summed E-state index contributed by atoms with van der Waals surface area (Å²) < 4.78 is 1.95. The maximum atomic E-state index is 11.9. The second-order valence-electron chi connectivity index (χ2n) is 4.42. The normalized spacial score (nSPS) is 11.4. The highest BCUT2D eigenvalue weighted by Crippen LogP contribution is 2.19. The molecule has 0 bridgehead atoms. The monoisotopic (exact) mass is 258 g/mol. The van der Waals surface area contributed by atoms with Crippen molar-refractivity contribution in [2.24, 2.45) is 0 Å². The predicted octanol–water partition coefficient (Wildman–Crippen LogP) is 1.05. The van der Waals surface area contributed by atoms with E-state index in [0.717, 1.165) is 30.3 Å². The molecule has 19 heavy (non-hydrogen) atoms. The van der Waals surface area contributed by atoms with Gasteiger partial charge in [0.2, 0.25) is 0 Å². The molecule has 0 radical (unpaired) electrons. The molecule has 3 aromatic rings. The number of hydrogen-bond donors (Lipinski definition) is 2. The number of imidazole rings is 1. The van der Waals surface area contributed by atoms with Crippen LogP contribution in [0.4, 0.5) is 0 Å². The average Bonchev–Trinajstić information content (AvgIpc) is 2.84. The standard InChI is InChI=1S/C13H14N4O2/c18-7-2-1-6-17-8-15-10-11(17)9-4-3-5-14-12(9)16-13(10)19/h3-5,8,18H,1-2,6-7H2,(H,14,16,19). The Bertz CT molecular complexity index is 775. The maximum Gasteiger partial charge on any atom is 0.277 e. The molecule has 0 aliphatic rings. The lowest BCUT2D eigenvalue weighted by atomic mass is 10.2. The summed E-state index contributed by atoms with van der Waals surface area (Å²) in [6.07, 6.45) is 4.90. The van der Waals surface area contributed by atoms with Crippen molar-refractivity contribution in [3.8, 4) is 0 Å². The highest BCUT2D eigenvalue weighted by molar-refractivity contribution is 6.00. The molecule has 0 aromatic carbocycles. The fourth-order valence-corrected chi connectivity index (χ4v) is 2.26. The van der Waals surface area contributed by atoms with Gasteiger partial charge in [0.25, 0.3) is 5.56 Å². The second kappa shape index (κ2) is 4.81. The van der Waals surface area contributed by atoms with Crippen molar-refractivity contribution >= 4 is 22.1 Å². The third kappa shape index (κ3) is 2.00. The number of aromatic amines is 1. The summed E-state index contributed by atoms with van der Waals surface area (Å²) in [6, 6.07) is 3.76.